The maximum absolute atomic E-state index is 12.6. The highest BCUT2D eigenvalue weighted by atomic mass is 35.5. The van der Waals surface area contributed by atoms with E-state index in [1.165, 1.54) is 66.0 Å². The minimum absolute atomic E-state index is 0. The molecule has 0 radical (unpaired) electrons. The Labute approximate surface area is 617 Å². The van der Waals surface area contributed by atoms with Gasteiger partial charge >= 0.3 is 29.6 Å². The number of hydrogen-bond donors (Lipinski definition) is 4. The van der Waals surface area contributed by atoms with Gasteiger partial charge in [0, 0.05) is 107 Å². The van der Waals surface area contributed by atoms with Gasteiger partial charge < -0.3 is 53.5 Å². The summed E-state index contributed by atoms with van der Waals surface area (Å²) in [4.78, 5) is 113. The number of esters is 2. The van der Waals surface area contributed by atoms with Crippen LogP contribution in [0.2, 0.25) is 0 Å². The lowest BCUT2D eigenvalue weighted by atomic mass is 10.0. The summed E-state index contributed by atoms with van der Waals surface area (Å²) >= 11 is 0. The Morgan fingerprint density at radius 1 is 0.477 bits per heavy atom. The van der Waals surface area contributed by atoms with Crippen molar-refractivity contribution in [1.82, 2.24) is 42.8 Å². The van der Waals surface area contributed by atoms with E-state index in [0.717, 1.165) is 25.9 Å². The fourth-order valence-corrected chi connectivity index (χ4v) is 12.4. The Morgan fingerprint density at radius 2 is 0.785 bits per heavy atom. The van der Waals surface area contributed by atoms with Crippen molar-refractivity contribution < 1.29 is 86.8 Å². The topological polar surface area (TPSA) is 315 Å². The van der Waals surface area contributed by atoms with Crippen LogP contribution in [0.1, 0.15) is 140 Å². The molecular weight excluding hydrogens is 1460 g/mol. The number of carbonyl (C=O) groups is 4. The van der Waals surface area contributed by atoms with Crippen LogP contribution >= 0.6 is 12.4 Å². The zero-order valence-corrected chi connectivity index (χ0v) is 61.0. The first-order chi connectivity index (χ1) is 50.2. The number of nitrogen functional groups attached to an aromatic ring is 1. The number of hydrogen-bond acceptors (Lipinski definition) is 20. The molecule has 26 nitrogen and oxygen atoms in total. The van der Waals surface area contributed by atoms with Crippen LogP contribution in [-0.2, 0) is 14.2 Å². The van der Waals surface area contributed by atoms with Crippen molar-refractivity contribution in [3.63, 3.8) is 0 Å². The molecule has 10 heterocycles. The predicted octanol–water partition coefficient (Wildman–Crippen LogP) is 8.94. The summed E-state index contributed by atoms with van der Waals surface area (Å²) in [5.74, 6) is -2.59. The number of rotatable bonds is 18. The van der Waals surface area contributed by atoms with Crippen molar-refractivity contribution in [1.29, 1.82) is 0 Å². The van der Waals surface area contributed by atoms with Crippen molar-refractivity contribution in [3.05, 3.63) is 160 Å². The highest BCUT2D eigenvalue weighted by Crippen LogP contribution is 2.26. The summed E-state index contributed by atoms with van der Waals surface area (Å²) in [7, 11) is 2.43. The summed E-state index contributed by atoms with van der Waals surface area (Å²) in [6, 6.07) is 15.2. The molecule has 10 rings (SSSR count). The van der Waals surface area contributed by atoms with Crippen LogP contribution in [0.5, 0.6) is 0 Å². The molecule has 0 unspecified atom stereocenters. The van der Waals surface area contributed by atoms with Gasteiger partial charge in [0.1, 0.15) is 28.0 Å². The molecule has 5 aliphatic rings. The van der Waals surface area contributed by atoms with Gasteiger partial charge in [-0.3, -0.25) is 49.0 Å². The molecule has 1 amide bonds. The molecule has 5 aromatic rings. The SMILES string of the molecule is CC(C)(C)OC(=O)Nc1cccn(C2CCN(CC(F)F)CC2)c1=O.COC(=O)c1cccn(C2CCN(CC(F)F)CC2)c1=O.COC(=O)c1cccoc1=O.Cl.NC1CCN(CC(F)F)CC1.Nc1cccn(C2CCN(CC(F)F)CC2)c1=O.O=C(O)c1cccn(C2CCN(CC(F)F)CC2)c1=O. The summed E-state index contributed by atoms with van der Waals surface area (Å²) < 4.78 is 147. The molecule has 0 atom stereocenters. The number of ether oxygens (including phenoxy) is 3. The first-order valence-electron chi connectivity index (χ1n) is 34.5. The highest BCUT2D eigenvalue weighted by Gasteiger charge is 2.29. The van der Waals surface area contributed by atoms with Gasteiger partial charge in [-0.05, 0) is 159 Å². The number of carbonyl (C=O) groups excluding carboxylic acids is 3. The number of nitrogens with two attached hydrogens (primary N) is 2. The average molecular weight is 1560 g/mol. The fourth-order valence-electron chi connectivity index (χ4n) is 12.4. The van der Waals surface area contributed by atoms with Gasteiger partial charge in [-0.1, -0.05) is 0 Å². The van der Waals surface area contributed by atoms with Crippen molar-refractivity contribution in [3.8, 4) is 0 Å². The monoisotopic (exact) mass is 1550 g/mol. The summed E-state index contributed by atoms with van der Waals surface area (Å²) in [6.07, 6.45) is 2.23. The predicted molar refractivity (Wildman–Crippen MR) is 381 cm³/mol. The minimum Gasteiger partial charge on any atom is -0.477 e. The number of anilines is 2. The van der Waals surface area contributed by atoms with E-state index in [0.29, 0.717) is 104 Å². The van der Waals surface area contributed by atoms with E-state index < -0.39 is 78.5 Å². The zero-order chi connectivity index (χ0) is 78.4. The number of carboxylic acid groups (broad SMARTS) is 1. The number of carboxylic acids is 1. The molecular formula is C70H97ClF10N12O14. The number of pyridine rings is 4. The molecule has 0 bridgehead atoms. The summed E-state index contributed by atoms with van der Waals surface area (Å²) in [5, 5.41) is 11.4. The fraction of sp³-hybridized carbons (Fsp3) is 0.586. The first-order valence-corrected chi connectivity index (χ1v) is 34.5. The molecule has 107 heavy (non-hydrogen) atoms. The van der Waals surface area contributed by atoms with Crippen LogP contribution in [-0.4, -0.2) is 228 Å². The highest BCUT2D eigenvalue weighted by molar-refractivity contribution is 5.89. The molecule has 5 saturated heterocycles. The van der Waals surface area contributed by atoms with Gasteiger partial charge in [0.2, 0.25) is 0 Å². The number of amides is 1. The number of alkyl halides is 10. The van der Waals surface area contributed by atoms with Gasteiger partial charge in [0.25, 0.3) is 54.4 Å². The molecule has 0 aromatic carbocycles. The third-order valence-electron chi connectivity index (χ3n) is 17.8. The van der Waals surface area contributed by atoms with E-state index in [9.17, 15) is 87.1 Å². The second kappa shape index (κ2) is 45.4. The number of aromatic carboxylic acids is 1. The quantitative estimate of drug-likeness (QED) is 0.0361. The Hall–Kier alpha value is -8.42. The van der Waals surface area contributed by atoms with Gasteiger partial charge in [-0.2, -0.15) is 0 Å². The van der Waals surface area contributed by atoms with E-state index in [2.05, 4.69) is 19.2 Å². The maximum atomic E-state index is 12.6. The Bertz CT molecular complexity index is 3850. The van der Waals surface area contributed by atoms with Crippen LogP contribution in [0.4, 0.5) is 60.1 Å². The number of halogens is 11. The number of nitrogens with one attached hydrogen (secondary N) is 1. The van der Waals surface area contributed by atoms with E-state index in [-0.39, 0.29) is 115 Å². The van der Waals surface area contributed by atoms with Crippen molar-refractivity contribution in [2.45, 2.75) is 153 Å². The third kappa shape index (κ3) is 31.0. The smallest absolute Gasteiger partial charge is 0.412 e. The van der Waals surface area contributed by atoms with Crippen molar-refractivity contribution in [2.75, 3.05) is 123 Å². The van der Waals surface area contributed by atoms with Gasteiger partial charge in [0.05, 0.1) is 58.9 Å². The molecule has 0 saturated carbocycles. The zero-order valence-electron chi connectivity index (χ0n) is 60.2. The lowest BCUT2D eigenvalue weighted by Crippen LogP contribution is -2.41. The van der Waals surface area contributed by atoms with Crippen LogP contribution in [0.25, 0.3) is 0 Å². The van der Waals surface area contributed by atoms with E-state index in [1.807, 2.05) is 0 Å². The third-order valence-corrected chi connectivity index (χ3v) is 17.8. The summed E-state index contributed by atoms with van der Waals surface area (Å²) in [5.41, 5.74) is 8.44. The van der Waals surface area contributed by atoms with E-state index >= 15 is 0 Å². The van der Waals surface area contributed by atoms with Crippen LogP contribution in [0.3, 0.4) is 0 Å². The van der Waals surface area contributed by atoms with Gasteiger partial charge in [-0.25, -0.2) is 67.9 Å². The average Bonchev–Trinajstić information content (AvgIpc) is 0.831. The van der Waals surface area contributed by atoms with Crippen LogP contribution in [0.15, 0.2) is 120 Å². The minimum atomic E-state index is -2.36. The lowest BCUT2D eigenvalue weighted by Gasteiger charge is -2.32. The number of piperidine rings is 5. The van der Waals surface area contributed by atoms with Gasteiger partial charge in [-0.15, -0.1) is 12.4 Å². The first kappa shape index (κ1) is 91.0. The molecule has 37 heteroatoms. The van der Waals surface area contributed by atoms with Crippen molar-refractivity contribution >= 4 is 47.8 Å². The largest absolute Gasteiger partial charge is 0.477 e. The summed E-state index contributed by atoms with van der Waals surface area (Å²) in [6.45, 7) is 9.91. The van der Waals surface area contributed by atoms with Gasteiger partial charge in [0.15, 0.2) is 0 Å². The number of aromatic nitrogens is 4. The van der Waals surface area contributed by atoms with E-state index in [1.54, 1.807) is 103 Å². The number of nitrogens with zero attached hydrogens (tertiary/aromatic N) is 9. The second-order valence-electron chi connectivity index (χ2n) is 26.5. The molecule has 0 aliphatic carbocycles. The second-order valence-corrected chi connectivity index (χ2v) is 26.5. The Morgan fingerprint density at radius 3 is 1.13 bits per heavy atom. The van der Waals surface area contributed by atoms with Crippen LogP contribution in [0, 0.1) is 0 Å². The molecule has 598 valence electrons. The Balaban J connectivity index is 0.000000277. The molecule has 6 N–H and O–H groups in total. The van der Waals surface area contributed by atoms with Crippen molar-refractivity contribution in [2.24, 2.45) is 5.73 Å². The van der Waals surface area contributed by atoms with E-state index in [4.69, 9.17) is 21.3 Å². The molecule has 5 fully saturated rings. The lowest BCUT2D eigenvalue weighted by molar-refractivity contribution is 0.0586. The number of methoxy groups -OCH3 is 2. The normalized spacial score (nSPS) is 17.0. The molecule has 0 spiro atoms. The Kier molecular flexibility index (Phi) is 38.6. The standard InChI is InChI=1S/C17H25F2N3O3.C14H18F2N2O3.C13H16F2N2O3.C12H17F2N3O.C7H14F2N2.C7H6O4.ClH/c1-17(2,3)25-16(24)20-13-5-4-8-22(15(13)23)12-6-9-21(10-7-12)11-14(18)19;1-21-14(20)11-3-2-6-18(13(11)19)10-4-7-17(8-5-10)9-12(15)16;14-11(15)8-16-6-3-9(4-7-16)17-5-1-2-10(12(17)18)13(19)20;13-11(14)8-16-6-3-9(4-7-16)17-5-1-2-10(15)12(17)18;8-7(9)5-11-3-1-6(10)2-4-11;1-10-6(8)5-3-2-4-11-7(5)9;/h4-5,8,12,14H,6-7,9-11H2,1-3H3,(H,20,24);2-3,6,10,12H,4-5,7-9H2,1H3;1-2,5,9,11H,3-4,6-8H2,(H,19,20);1-2,5,9,11H,3-4,6-8,15H2;6-7H,1-5,10H2;2-4H,1H3;1H. The number of likely N-dealkylation sites (tertiary alicyclic amines) is 5. The molecule has 5 aliphatic heterocycles. The maximum Gasteiger partial charge on any atom is 0.412 e. The molecule has 5 aromatic heterocycles. The van der Waals surface area contributed by atoms with Crippen LogP contribution < -0.4 is 44.6 Å².